The number of hydrogen-bond acceptors (Lipinski definition) is 5. The Labute approximate surface area is 104 Å². The van der Waals surface area contributed by atoms with Gasteiger partial charge in [-0.25, -0.2) is 4.79 Å². The summed E-state index contributed by atoms with van der Waals surface area (Å²) in [6, 6.07) is 1.61. The third kappa shape index (κ3) is 4.17. The molecule has 7 nitrogen and oxygen atoms in total. The molecule has 0 radical (unpaired) electrons. The highest BCUT2D eigenvalue weighted by atomic mass is 16.5. The molecule has 0 saturated carbocycles. The maximum Gasteiger partial charge on any atom is 0.332 e. The number of carbonyl (C=O) groups excluding carboxylic acids is 1. The molecule has 18 heavy (non-hydrogen) atoms. The quantitative estimate of drug-likeness (QED) is 0.793. The molecule has 0 spiro atoms. The van der Waals surface area contributed by atoms with Crippen molar-refractivity contribution in [3.63, 3.8) is 0 Å². The van der Waals surface area contributed by atoms with Crippen LogP contribution in [0.15, 0.2) is 10.6 Å². The number of rotatable bonds is 6. The summed E-state index contributed by atoms with van der Waals surface area (Å²) in [6.07, 6.45) is -1.03. The van der Waals surface area contributed by atoms with Crippen molar-refractivity contribution in [2.75, 3.05) is 11.9 Å². The first-order valence-electron chi connectivity index (χ1n) is 5.51. The monoisotopic (exact) mass is 256 g/mol. The van der Waals surface area contributed by atoms with Gasteiger partial charge in [0, 0.05) is 6.07 Å². The van der Waals surface area contributed by atoms with Crippen LogP contribution in [0, 0.1) is 0 Å². The van der Waals surface area contributed by atoms with E-state index in [9.17, 15) is 9.59 Å². The average Bonchev–Trinajstić information content (AvgIpc) is 2.74. The van der Waals surface area contributed by atoms with E-state index in [0.29, 0.717) is 0 Å². The standard InChI is InChI=1S/C11H16N2O5/c1-6(2)8-4-10(18-13-8)12-9(14)5-17-7(3)11(15)16/h4,6-7H,5H2,1-3H3,(H,12,14)(H,15,16)/t7-/m0/s1. The number of aromatic nitrogens is 1. The molecule has 0 aliphatic rings. The minimum absolute atomic E-state index is 0.197. The van der Waals surface area contributed by atoms with Crippen LogP contribution in [0.2, 0.25) is 0 Å². The molecule has 0 fully saturated rings. The minimum Gasteiger partial charge on any atom is -0.479 e. The number of aliphatic carboxylic acids is 1. The van der Waals surface area contributed by atoms with Crippen LogP contribution in [0.4, 0.5) is 5.88 Å². The smallest absolute Gasteiger partial charge is 0.332 e. The Morgan fingerprint density at radius 3 is 2.67 bits per heavy atom. The number of hydrogen-bond donors (Lipinski definition) is 2. The van der Waals surface area contributed by atoms with E-state index < -0.39 is 18.0 Å². The van der Waals surface area contributed by atoms with Crippen LogP contribution in [0.3, 0.4) is 0 Å². The summed E-state index contributed by atoms with van der Waals surface area (Å²) in [5.74, 6) is -1.20. The Morgan fingerprint density at radius 1 is 1.50 bits per heavy atom. The maximum absolute atomic E-state index is 11.4. The summed E-state index contributed by atoms with van der Waals surface area (Å²) in [6.45, 7) is 4.88. The van der Waals surface area contributed by atoms with Crippen molar-refractivity contribution in [3.8, 4) is 0 Å². The molecule has 100 valence electrons. The zero-order chi connectivity index (χ0) is 13.7. The van der Waals surface area contributed by atoms with Crippen LogP contribution >= 0.6 is 0 Å². The number of ether oxygens (including phenoxy) is 1. The van der Waals surface area contributed by atoms with Crippen molar-refractivity contribution in [3.05, 3.63) is 11.8 Å². The van der Waals surface area contributed by atoms with Crippen LogP contribution in [-0.4, -0.2) is 34.9 Å². The lowest BCUT2D eigenvalue weighted by Gasteiger charge is -2.07. The average molecular weight is 256 g/mol. The minimum atomic E-state index is -1.12. The van der Waals surface area contributed by atoms with E-state index in [2.05, 4.69) is 10.5 Å². The molecule has 7 heteroatoms. The zero-order valence-corrected chi connectivity index (χ0v) is 10.5. The van der Waals surface area contributed by atoms with Gasteiger partial charge in [-0.05, 0) is 12.8 Å². The first-order valence-corrected chi connectivity index (χ1v) is 5.51. The molecular weight excluding hydrogens is 240 g/mol. The molecule has 0 aliphatic carbocycles. The van der Waals surface area contributed by atoms with Gasteiger partial charge in [-0.2, -0.15) is 0 Å². The molecule has 0 bridgehead atoms. The number of nitrogens with zero attached hydrogens (tertiary/aromatic N) is 1. The van der Waals surface area contributed by atoms with E-state index in [1.165, 1.54) is 6.92 Å². The van der Waals surface area contributed by atoms with Gasteiger partial charge in [-0.3, -0.25) is 10.1 Å². The topological polar surface area (TPSA) is 102 Å². The largest absolute Gasteiger partial charge is 0.479 e. The highest BCUT2D eigenvalue weighted by Crippen LogP contribution is 2.17. The third-order valence-electron chi connectivity index (χ3n) is 2.19. The lowest BCUT2D eigenvalue weighted by Crippen LogP contribution is -2.26. The van der Waals surface area contributed by atoms with Crippen LogP contribution in [0.25, 0.3) is 0 Å². The van der Waals surface area contributed by atoms with Gasteiger partial charge >= 0.3 is 5.97 Å². The van der Waals surface area contributed by atoms with Gasteiger partial charge in [-0.1, -0.05) is 19.0 Å². The lowest BCUT2D eigenvalue weighted by atomic mass is 10.1. The number of carboxylic acids is 1. The highest BCUT2D eigenvalue weighted by molar-refractivity contribution is 5.90. The van der Waals surface area contributed by atoms with Crippen molar-refractivity contribution in [1.82, 2.24) is 5.16 Å². The molecule has 0 unspecified atom stereocenters. The summed E-state index contributed by atoms with van der Waals surface area (Å²) < 4.78 is 9.72. The predicted octanol–water partition coefficient (Wildman–Crippen LogP) is 1.23. The Hall–Kier alpha value is -1.89. The fraction of sp³-hybridized carbons (Fsp3) is 0.545. The Balaban J connectivity index is 2.42. The van der Waals surface area contributed by atoms with E-state index in [4.69, 9.17) is 14.4 Å². The molecule has 1 atom stereocenters. The zero-order valence-electron chi connectivity index (χ0n) is 10.5. The first kappa shape index (κ1) is 14.2. The molecule has 1 amide bonds. The summed E-state index contributed by atoms with van der Waals surface area (Å²) in [5.41, 5.74) is 0.727. The summed E-state index contributed by atoms with van der Waals surface area (Å²) in [7, 11) is 0. The van der Waals surface area contributed by atoms with E-state index >= 15 is 0 Å². The normalized spacial score (nSPS) is 12.4. The Kier molecular flexibility index (Phi) is 4.85. The molecule has 1 heterocycles. The third-order valence-corrected chi connectivity index (χ3v) is 2.19. The molecule has 1 aromatic heterocycles. The van der Waals surface area contributed by atoms with Crippen molar-refractivity contribution in [2.45, 2.75) is 32.8 Å². The molecule has 2 N–H and O–H groups in total. The van der Waals surface area contributed by atoms with Gasteiger partial charge < -0.3 is 14.4 Å². The first-order chi connectivity index (χ1) is 8.40. The summed E-state index contributed by atoms with van der Waals surface area (Å²) in [5, 5.41) is 14.8. The molecule has 1 aromatic rings. The maximum atomic E-state index is 11.4. The van der Waals surface area contributed by atoms with Gasteiger partial charge in [0.1, 0.15) is 6.61 Å². The van der Waals surface area contributed by atoms with Crippen molar-refractivity contribution in [2.24, 2.45) is 0 Å². The van der Waals surface area contributed by atoms with Crippen LogP contribution in [-0.2, 0) is 14.3 Å². The fourth-order valence-corrected chi connectivity index (χ4v) is 1.07. The molecule has 0 aliphatic heterocycles. The van der Waals surface area contributed by atoms with Crippen LogP contribution < -0.4 is 5.32 Å². The Bertz CT molecular complexity index is 427. The van der Waals surface area contributed by atoms with Crippen molar-refractivity contribution >= 4 is 17.8 Å². The van der Waals surface area contributed by atoms with Gasteiger partial charge in [0.05, 0.1) is 5.69 Å². The van der Waals surface area contributed by atoms with Gasteiger partial charge in [-0.15, -0.1) is 0 Å². The van der Waals surface area contributed by atoms with E-state index in [-0.39, 0.29) is 18.4 Å². The SMILES string of the molecule is CC(C)c1cc(NC(=O)CO[C@@H](C)C(=O)O)on1. The number of carboxylic acid groups (broad SMARTS) is 1. The number of anilines is 1. The van der Waals surface area contributed by atoms with Crippen molar-refractivity contribution < 1.29 is 24.0 Å². The second-order valence-corrected chi connectivity index (χ2v) is 4.11. The van der Waals surface area contributed by atoms with Crippen LogP contribution in [0.1, 0.15) is 32.4 Å². The van der Waals surface area contributed by atoms with Crippen molar-refractivity contribution in [1.29, 1.82) is 0 Å². The predicted molar refractivity (Wildman–Crippen MR) is 62.3 cm³/mol. The van der Waals surface area contributed by atoms with E-state index in [1.54, 1.807) is 6.07 Å². The molecule has 0 aromatic carbocycles. The second kappa shape index (κ2) is 6.15. The summed E-state index contributed by atoms with van der Waals surface area (Å²) in [4.78, 5) is 21.9. The van der Waals surface area contributed by atoms with Gasteiger partial charge in [0.2, 0.25) is 5.88 Å². The number of amides is 1. The fourth-order valence-electron chi connectivity index (χ4n) is 1.07. The van der Waals surface area contributed by atoms with Gasteiger partial charge in [0.15, 0.2) is 6.10 Å². The number of carbonyl (C=O) groups is 2. The Morgan fingerprint density at radius 2 is 2.17 bits per heavy atom. The molecular formula is C11H16N2O5. The van der Waals surface area contributed by atoms with E-state index in [0.717, 1.165) is 5.69 Å². The molecule has 1 rings (SSSR count). The van der Waals surface area contributed by atoms with Crippen LogP contribution in [0.5, 0.6) is 0 Å². The van der Waals surface area contributed by atoms with E-state index in [1.807, 2.05) is 13.8 Å². The van der Waals surface area contributed by atoms with Gasteiger partial charge in [0.25, 0.3) is 5.91 Å². The summed E-state index contributed by atoms with van der Waals surface area (Å²) >= 11 is 0. The lowest BCUT2D eigenvalue weighted by molar-refractivity contribution is -0.150. The highest BCUT2D eigenvalue weighted by Gasteiger charge is 2.15. The molecule has 0 saturated heterocycles. The number of nitrogens with one attached hydrogen (secondary N) is 1. The second-order valence-electron chi connectivity index (χ2n) is 4.11.